The van der Waals surface area contributed by atoms with Gasteiger partial charge < -0.3 is 10.5 Å². The second-order valence-electron chi connectivity index (χ2n) is 6.19. The van der Waals surface area contributed by atoms with Crippen molar-refractivity contribution >= 4 is 16.7 Å². The van der Waals surface area contributed by atoms with Gasteiger partial charge in [-0.05, 0) is 48.5 Å². The fourth-order valence-electron chi connectivity index (χ4n) is 3.10. The van der Waals surface area contributed by atoms with Gasteiger partial charge in [0.05, 0.1) is 5.69 Å². The first kappa shape index (κ1) is 16.1. The molecule has 28 heavy (non-hydrogen) atoms. The van der Waals surface area contributed by atoms with Gasteiger partial charge in [0.1, 0.15) is 17.0 Å². The van der Waals surface area contributed by atoms with Gasteiger partial charge >= 0.3 is 0 Å². The molecule has 7 nitrogen and oxygen atoms in total. The first-order chi connectivity index (χ1) is 13.8. The molecule has 0 atom stereocenters. The Morgan fingerprint density at radius 3 is 2.36 bits per heavy atom. The standard InChI is InChI=1S/C21H16N6O/c22-20-18-11-13-23-21(26-14-4-12-24-26)19(18)27(25-20)15-7-9-17(10-8-15)28-16-5-2-1-3-6-16/h1-14H,(H2,22,25). The summed E-state index contributed by atoms with van der Waals surface area (Å²) in [6, 6.07) is 21.0. The number of benzene rings is 2. The number of anilines is 1. The smallest absolute Gasteiger partial charge is 0.180 e. The SMILES string of the molecule is Nc1nn(-c2ccc(Oc3ccccc3)cc2)c2c(-n3cccn3)nccc12. The van der Waals surface area contributed by atoms with E-state index in [1.54, 1.807) is 21.8 Å². The van der Waals surface area contributed by atoms with Crippen molar-refractivity contribution in [2.45, 2.75) is 0 Å². The van der Waals surface area contributed by atoms with Gasteiger partial charge in [-0.3, -0.25) is 0 Å². The number of nitrogens with two attached hydrogens (primary N) is 1. The van der Waals surface area contributed by atoms with Crippen LogP contribution >= 0.6 is 0 Å². The minimum atomic E-state index is 0.440. The van der Waals surface area contributed by atoms with Gasteiger partial charge in [-0.15, -0.1) is 5.10 Å². The van der Waals surface area contributed by atoms with Crippen molar-refractivity contribution in [3.63, 3.8) is 0 Å². The first-order valence-electron chi connectivity index (χ1n) is 8.76. The Morgan fingerprint density at radius 1 is 0.821 bits per heavy atom. The average molecular weight is 368 g/mol. The highest BCUT2D eigenvalue weighted by atomic mass is 16.5. The summed E-state index contributed by atoms with van der Waals surface area (Å²) in [5, 5.41) is 9.63. The molecule has 5 rings (SSSR count). The maximum atomic E-state index is 6.15. The third-order valence-electron chi connectivity index (χ3n) is 4.38. The molecule has 0 amide bonds. The molecule has 2 aromatic carbocycles. The molecule has 0 radical (unpaired) electrons. The lowest BCUT2D eigenvalue weighted by Crippen LogP contribution is -2.04. The minimum absolute atomic E-state index is 0.440. The fourth-order valence-corrected chi connectivity index (χ4v) is 3.10. The summed E-state index contributed by atoms with van der Waals surface area (Å²) in [6.45, 7) is 0. The molecule has 0 bridgehead atoms. The third kappa shape index (κ3) is 2.75. The second-order valence-corrected chi connectivity index (χ2v) is 6.19. The largest absolute Gasteiger partial charge is 0.457 e. The van der Waals surface area contributed by atoms with Gasteiger partial charge in [0.2, 0.25) is 0 Å². The highest BCUT2D eigenvalue weighted by molar-refractivity contribution is 5.94. The fraction of sp³-hybridized carbons (Fsp3) is 0. The van der Waals surface area contributed by atoms with Crippen LogP contribution in [0.15, 0.2) is 85.3 Å². The summed E-state index contributed by atoms with van der Waals surface area (Å²) < 4.78 is 9.34. The number of ether oxygens (including phenoxy) is 1. The van der Waals surface area contributed by atoms with E-state index in [4.69, 9.17) is 10.5 Å². The van der Waals surface area contributed by atoms with Crippen molar-refractivity contribution in [1.29, 1.82) is 0 Å². The van der Waals surface area contributed by atoms with Gasteiger partial charge in [-0.2, -0.15) is 5.10 Å². The zero-order chi connectivity index (χ0) is 18.9. The van der Waals surface area contributed by atoms with Crippen LogP contribution < -0.4 is 10.5 Å². The van der Waals surface area contributed by atoms with Crippen LogP contribution in [0.3, 0.4) is 0 Å². The molecule has 0 saturated heterocycles. The Labute approximate surface area is 160 Å². The first-order valence-corrected chi connectivity index (χ1v) is 8.76. The van der Waals surface area contributed by atoms with E-state index in [9.17, 15) is 0 Å². The van der Waals surface area contributed by atoms with Crippen LogP contribution in [0.25, 0.3) is 22.4 Å². The van der Waals surface area contributed by atoms with Crippen LogP contribution in [0.1, 0.15) is 0 Å². The van der Waals surface area contributed by atoms with Crippen molar-refractivity contribution in [2.75, 3.05) is 5.73 Å². The van der Waals surface area contributed by atoms with Gasteiger partial charge in [0.25, 0.3) is 0 Å². The lowest BCUT2D eigenvalue weighted by Gasteiger charge is -2.09. The number of aromatic nitrogens is 5. The lowest BCUT2D eigenvalue weighted by molar-refractivity contribution is 0.482. The van der Waals surface area contributed by atoms with Crippen molar-refractivity contribution < 1.29 is 4.74 Å². The van der Waals surface area contributed by atoms with Crippen LogP contribution in [0.4, 0.5) is 5.82 Å². The van der Waals surface area contributed by atoms with Crippen molar-refractivity contribution in [3.8, 4) is 23.0 Å². The Hall–Kier alpha value is -4.13. The number of nitrogen functional groups attached to an aromatic ring is 1. The molecular weight excluding hydrogens is 352 g/mol. The molecule has 3 heterocycles. The van der Waals surface area contributed by atoms with E-state index in [0.29, 0.717) is 11.6 Å². The van der Waals surface area contributed by atoms with Gasteiger partial charge in [-0.1, -0.05) is 18.2 Å². The molecule has 0 spiro atoms. The van der Waals surface area contributed by atoms with Crippen molar-refractivity contribution in [1.82, 2.24) is 24.5 Å². The normalized spacial score (nSPS) is 11.0. The van der Waals surface area contributed by atoms with Crippen LogP contribution in [0.5, 0.6) is 11.5 Å². The zero-order valence-corrected chi connectivity index (χ0v) is 14.8. The highest BCUT2D eigenvalue weighted by Crippen LogP contribution is 2.29. The van der Waals surface area contributed by atoms with Crippen LogP contribution in [-0.4, -0.2) is 24.5 Å². The molecule has 0 aliphatic heterocycles. The van der Waals surface area contributed by atoms with E-state index < -0.39 is 0 Å². The summed E-state index contributed by atoms with van der Waals surface area (Å²) in [5.41, 5.74) is 7.80. The van der Waals surface area contributed by atoms with E-state index in [1.165, 1.54) is 0 Å². The van der Waals surface area contributed by atoms with E-state index >= 15 is 0 Å². The summed E-state index contributed by atoms with van der Waals surface area (Å²) in [5.74, 6) is 2.63. The minimum Gasteiger partial charge on any atom is -0.457 e. The predicted octanol–water partition coefficient (Wildman–Crippen LogP) is 3.98. The van der Waals surface area contributed by atoms with Crippen molar-refractivity contribution in [2.24, 2.45) is 0 Å². The summed E-state index contributed by atoms with van der Waals surface area (Å²) in [6.07, 6.45) is 5.25. The van der Waals surface area contributed by atoms with Gasteiger partial charge in [0.15, 0.2) is 11.6 Å². The van der Waals surface area contributed by atoms with Gasteiger partial charge in [-0.25, -0.2) is 14.3 Å². The van der Waals surface area contributed by atoms with E-state index in [1.807, 2.05) is 72.9 Å². The molecule has 0 aliphatic carbocycles. The molecule has 2 N–H and O–H groups in total. The Morgan fingerprint density at radius 2 is 1.61 bits per heavy atom. The Balaban J connectivity index is 1.58. The molecule has 5 aromatic rings. The van der Waals surface area contributed by atoms with Crippen LogP contribution in [-0.2, 0) is 0 Å². The maximum Gasteiger partial charge on any atom is 0.180 e. The molecule has 0 saturated carbocycles. The van der Waals surface area contributed by atoms with Crippen LogP contribution in [0, 0.1) is 0 Å². The summed E-state index contributed by atoms with van der Waals surface area (Å²) in [4.78, 5) is 4.48. The van der Waals surface area contributed by atoms with Crippen molar-refractivity contribution in [3.05, 3.63) is 85.3 Å². The Kier molecular flexibility index (Phi) is 3.76. The zero-order valence-electron chi connectivity index (χ0n) is 14.8. The monoisotopic (exact) mass is 368 g/mol. The number of hydrogen-bond donors (Lipinski definition) is 1. The molecule has 0 fully saturated rings. The topological polar surface area (TPSA) is 83.8 Å². The van der Waals surface area contributed by atoms with Gasteiger partial charge in [0, 0.05) is 24.0 Å². The maximum absolute atomic E-state index is 6.15. The molecule has 0 unspecified atom stereocenters. The third-order valence-corrected chi connectivity index (χ3v) is 4.38. The quantitative estimate of drug-likeness (QED) is 0.519. The van der Waals surface area contributed by atoms with E-state index in [0.717, 1.165) is 28.1 Å². The molecule has 0 aliphatic rings. The van der Waals surface area contributed by atoms with E-state index in [-0.39, 0.29) is 0 Å². The van der Waals surface area contributed by atoms with E-state index in [2.05, 4.69) is 15.2 Å². The second kappa shape index (κ2) is 6.55. The Bertz CT molecular complexity index is 1230. The highest BCUT2D eigenvalue weighted by Gasteiger charge is 2.16. The average Bonchev–Trinajstić information content (AvgIpc) is 3.38. The number of nitrogens with zero attached hydrogens (tertiary/aromatic N) is 5. The lowest BCUT2D eigenvalue weighted by atomic mass is 10.2. The van der Waals surface area contributed by atoms with Crippen LogP contribution in [0.2, 0.25) is 0 Å². The molecule has 7 heteroatoms. The molecule has 136 valence electrons. The number of rotatable bonds is 4. The number of hydrogen-bond acceptors (Lipinski definition) is 5. The number of fused-ring (bicyclic) bond motifs is 1. The number of para-hydroxylation sites is 1. The summed E-state index contributed by atoms with van der Waals surface area (Å²) in [7, 11) is 0. The predicted molar refractivity (Wildman–Crippen MR) is 107 cm³/mol. The summed E-state index contributed by atoms with van der Waals surface area (Å²) >= 11 is 0. The molecule has 3 aromatic heterocycles. The number of pyridine rings is 1. The molecular formula is C21H16N6O.